The molecule has 1 aliphatic carbocycles. The standard InChI is InChI=1S/C16H18FN3O/c1-11-8-18-16(19-9-11)20(14-6-7-14)10-15(21)12-2-4-13(17)5-3-12/h2-5,8-9,14-15,21H,6-7,10H2,1H3. The normalized spacial score (nSPS) is 15.8. The Labute approximate surface area is 123 Å². The van der Waals surface area contributed by atoms with Crippen molar-refractivity contribution in [3.05, 3.63) is 53.6 Å². The van der Waals surface area contributed by atoms with Gasteiger partial charge in [-0.3, -0.25) is 0 Å². The van der Waals surface area contributed by atoms with Gasteiger partial charge >= 0.3 is 0 Å². The zero-order chi connectivity index (χ0) is 14.8. The van der Waals surface area contributed by atoms with Crippen LogP contribution >= 0.6 is 0 Å². The van der Waals surface area contributed by atoms with E-state index in [2.05, 4.69) is 9.97 Å². The summed E-state index contributed by atoms with van der Waals surface area (Å²) < 4.78 is 12.9. The van der Waals surface area contributed by atoms with Gasteiger partial charge in [0.05, 0.1) is 12.6 Å². The number of aliphatic hydroxyl groups is 1. The molecule has 0 aliphatic heterocycles. The fraction of sp³-hybridized carbons (Fsp3) is 0.375. The maximum absolute atomic E-state index is 12.9. The summed E-state index contributed by atoms with van der Waals surface area (Å²) in [6.45, 7) is 2.36. The van der Waals surface area contributed by atoms with Crippen LogP contribution in [0.4, 0.5) is 10.3 Å². The van der Waals surface area contributed by atoms with Crippen molar-refractivity contribution in [1.29, 1.82) is 0 Å². The van der Waals surface area contributed by atoms with E-state index in [0.717, 1.165) is 18.4 Å². The lowest BCUT2D eigenvalue weighted by atomic mass is 10.1. The fourth-order valence-corrected chi connectivity index (χ4v) is 2.29. The lowest BCUT2D eigenvalue weighted by Crippen LogP contribution is -2.32. The Balaban J connectivity index is 1.76. The molecule has 0 amide bonds. The molecule has 4 nitrogen and oxygen atoms in total. The molecule has 3 rings (SSSR count). The number of aromatic nitrogens is 2. The van der Waals surface area contributed by atoms with Crippen LogP contribution in [0.1, 0.15) is 30.1 Å². The second-order valence-corrected chi connectivity index (χ2v) is 5.51. The smallest absolute Gasteiger partial charge is 0.225 e. The van der Waals surface area contributed by atoms with E-state index in [1.54, 1.807) is 24.5 Å². The molecule has 1 aromatic heterocycles. The van der Waals surface area contributed by atoms with Crippen LogP contribution < -0.4 is 4.90 Å². The Morgan fingerprint density at radius 2 is 1.86 bits per heavy atom. The van der Waals surface area contributed by atoms with E-state index in [1.807, 2.05) is 11.8 Å². The lowest BCUT2D eigenvalue weighted by Gasteiger charge is -2.25. The van der Waals surface area contributed by atoms with Gasteiger partial charge < -0.3 is 10.0 Å². The quantitative estimate of drug-likeness (QED) is 0.918. The largest absolute Gasteiger partial charge is 0.387 e. The van der Waals surface area contributed by atoms with E-state index >= 15 is 0 Å². The number of nitrogens with zero attached hydrogens (tertiary/aromatic N) is 3. The number of benzene rings is 1. The van der Waals surface area contributed by atoms with Crippen LogP contribution in [0.2, 0.25) is 0 Å². The molecule has 1 fully saturated rings. The fourth-order valence-electron chi connectivity index (χ4n) is 2.29. The molecule has 1 heterocycles. The minimum atomic E-state index is -0.684. The Hall–Kier alpha value is -2.01. The summed E-state index contributed by atoms with van der Waals surface area (Å²) in [5.41, 5.74) is 1.71. The number of hydrogen-bond acceptors (Lipinski definition) is 4. The zero-order valence-electron chi connectivity index (χ0n) is 11.9. The molecular weight excluding hydrogens is 269 g/mol. The summed E-state index contributed by atoms with van der Waals surface area (Å²) in [4.78, 5) is 10.7. The number of anilines is 1. The first kappa shape index (κ1) is 13.9. The topological polar surface area (TPSA) is 49.2 Å². The van der Waals surface area contributed by atoms with Crippen molar-refractivity contribution in [3.8, 4) is 0 Å². The number of aryl methyl sites for hydroxylation is 1. The molecule has 21 heavy (non-hydrogen) atoms. The first-order valence-electron chi connectivity index (χ1n) is 7.12. The molecule has 0 bridgehead atoms. The predicted octanol–water partition coefficient (Wildman–Crippen LogP) is 2.63. The van der Waals surface area contributed by atoms with Gasteiger partial charge in [-0.25, -0.2) is 14.4 Å². The van der Waals surface area contributed by atoms with Crippen LogP contribution in [0.15, 0.2) is 36.7 Å². The Morgan fingerprint density at radius 1 is 1.24 bits per heavy atom. The molecule has 0 spiro atoms. The minimum Gasteiger partial charge on any atom is -0.387 e. The van der Waals surface area contributed by atoms with Gasteiger partial charge in [0.25, 0.3) is 0 Å². The molecule has 2 aromatic rings. The van der Waals surface area contributed by atoms with Crippen molar-refractivity contribution < 1.29 is 9.50 Å². The molecule has 1 N–H and O–H groups in total. The highest BCUT2D eigenvalue weighted by Crippen LogP contribution is 2.31. The maximum Gasteiger partial charge on any atom is 0.225 e. The second-order valence-electron chi connectivity index (χ2n) is 5.51. The summed E-state index contributed by atoms with van der Waals surface area (Å²) in [6.07, 6.45) is 5.06. The third-order valence-electron chi connectivity index (χ3n) is 3.64. The van der Waals surface area contributed by atoms with Crippen molar-refractivity contribution in [2.75, 3.05) is 11.4 Å². The Bertz CT molecular complexity index is 596. The summed E-state index contributed by atoms with van der Waals surface area (Å²) in [7, 11) is 0. The second kappa shape index (κ2) is 5.77. The lowest BCUT2D eigenvalue weighted by molar-refractivity contribution is 0.182. The molecule has 1 unspecified atom stereocenters. The molecule has 1 atom stereocenters. The van der Waals surface area contributed by atoms with Crippen LogP contribution in [0.3, 0.4) is 0 Å². The molecule has 0 saturated heterocycles. The molecule has 1 saturated carbocycles. The molecule has 1 aliphatic rings. The van der Waals surface area contributed by atoms with Crippen LogP contribution in [0.5, 0.6) is 0 Å². The van der Waals surface area contributed by atoms with Gasteiger partial charge in [-0.1, -0.05) is 12.1 Å². The van der Waals surface area contributed by atoms with E-state index in [1.165, 1.54) is 12.1 Å². The van der Waals surface area contributed by atoms with Gasteiger partial charge in [0.15, 0.2) is 0 Å². The van der Waals surface area contributed by atoms with Crippen LogP contribution in [-0.2, 0) is 0 Å². The van der Waals surface area contributed by atoms with Crippen molar-refractivity contribution in [1.82, 2.24) is 9.97 Å². The van der Waals surface area contributed by atoms with E-state index in [9.17, 15) is 9.50 Å². The average Bonchev–Trinajstić information content (AvgIpc) is 3.31. The highest BCUT2D eigenvalue weighted by molar-refractivity contribution is 5.35. The molecular formula is C16H18FN3O. The number of rotatable bonds is 5. The van der Waals surface area contributed by atoms with Crippen molar-refractivity contribution in [2.24, 2.45) is 0 Å². The zero-order valence-corrected chi connectivity index (χ0v) is 11.9. The van der Waals surface area contributed by atoms with Gasteiger partial charge in [-0.05, 0) is 43.0 Å². The molecule has 0 radical (unpaired) electrons. The summed E-state index contributed by atoms with van der Waals surface area (Å²) in [5.74, 6) is 0.344. The van der Waals surface area contributed by atoms with Gasteiger partial charge in [-0.2, -0.15) is 0 Å². The number of hydrogen-bond donors (Lipinski definition) is 1. The number of halogens is 1. The SMILES string of the molecule is Cc1cnc(N(CC(O)c2ccc(F)cc2)C2CC2)nc1. The summed E-state index contributed by atoms with van der Waals surface area (Å²) in [6, 6.07) is 6.34. The minimum absolute atomic E-state index is 0.299. The van der Waals surface area contributed by atoms with Gasteiger partial charge in [0, 0.05) is 18.4 Å². The monoisotopic (exact) mass is 287 g/mol. The van der Waals surface area contributed by atoms with Gasteiger partial charge in [0.2, 0.25) is 5.95 Å². The van der Waals surface area contributed by atoms with Crippen molar-refractivity contribution >= 4 is 5.95 Å². The molecule has 1 aromatic carbocycles. The Kier molecular flexibility index (Phi) is 3.84. The maximum atomic E-state index is 12.9. The highest BCUT2D eigenvalue weighted by atomic mass is 19.1. The van der Waals surface area contributed by atoms with Crippen LogP contribution in [-0.4, -0.2) is 27.7 Å². The summed E-state index contributed by atoms with van der Waals surface area (Å²) >= 11 is 0. The van der Waals surface area contributed by atoms with E-state index < -0.39 is 6.10 Å². The molecule has 5 heteroatoms. The highest BCUT2D eigenvalue weighted by Gasteiger charge is 2.32. The predicted molar refractivity (Wildman–Crippen MR) is 78.5 cm³/mol. The molecule has 110 valence electrons. The van der Waals surface area contributed by atoms with Crippen molar-refractivity contribution in [2.45, 2.75) is 31.9 Å². The Morgan fingerprint density at radius 3 is 2.43 bits per heavy atom. The third-order valence-corrected chi connectivity index (χ3v) is 3.64. The van der Waals surface area contributed by atoms with E-state index in [0.29, 0.717) is 24.1 Å². The first-order valence-corrected chi connectivity index (χ1v) is 7.12. The van der Waals surface area contributed by atoms with Crippen LogP contribution in [0.25, 0.3) is 0 Å². The van der Waals surface area contributed by atoms with Crippen LogP contribution in [0, 0.1) is 12.7 Å². The van der Waals surface area contributed by atoms with E-state index in [-0.39, 0.29) is 5.82 Å². The van der Waals surface area contributed by atoms with E-state index in [4.69, 9.17) is 0 Å². The first-order chi connectivity index (χ1) is 10.1. The number of aliphatic hydroxyl groups excluding tert-OH is 1. The average molecular weight is 287 g/mol. The van der Waals surface area contributed by atoms with Gasteiger partial charge in [-0.15, -0.1) is 0 Å². The van der Waals surface area contributed by atoms with Gasteiger partial charge in [0.1, 0.15) is 5.82 Å². The third kappa shape index (κ3) is 3.36. The van der Waals surface area contributed by atoms with Crippen molar-refractivity contribution in [3.63, 3.8) is 0 Å². The summed E-state index contributed by atoms with van der Waals surface area (Å²) in [5, 5.41) is 10.4.